The maximum Gasteiger partial charge on any atom is 0.165 e. The van der Waals surface area contributed by atoms with Crippen molar-refractivity contribution in [1.82, 2.24) is 9.78 Å². The molecular weight excluding hydrogens is 192 g/mol. The molecule has 0 saturated carbocycles. The fraction of sp³-hybridized carbons (Fsp3) is 0.0909. The zero-order valence-corrected chi connectivity index (χ0v) is 8.25. The van der Waals surface area contributed by atoms with Gasteiger partial charge in [0.2, 0.25) is 0 Å². The Morgan fingerprint density at radius 1 is 1.40 bits per heavy atom. The molecule has 0 aliphatic heterocycles. The molecule has 1 aromatic carbocycles. The van der Waals surface area contributed by atoms with E-state index in [0.717, 1.165) is 6.29 Å². The van der Waals surface area contributed by atoms with Gasteiger partial charge in [0, 0.05) is 12.6 Å². The van der Waals surface area contributed by atoms with E-state index < -0.39 is 0 Å². The Morgan fingerprint density at radius 3 is 2.93 bits per heavy atom. The van der Waals surface area contributed by atoms with E-state index in [0.29, 0.717) is 17.1 Å². The molecule has 0 bridgehead atoms. The highest BCUT2D eigenvalue weighted by Gasteiger charge is 2.00. The fourth-order valence-corrected chi connectivity index (χ4v) is 1.24. The number of ether oxygens (including phenoxy) is 1. The van der Waals surface area contributed by atoms with Crippen molar-refractivity contribution in [2.75, 3.05) is 0 Å². The summed E-state index contributed by atoms with van der Waals surface area (Å²) in [6.07, 6.45) is 4.16. The molecule has 0 amide bonds. The van der Waals surface area contributed by atoms with E-state index in [9.17, 15) is 4.79 Å². The molecule has 0 radical (unpaired) electrons. The van der Waals surface area contributed by atoms with E-state index in [1.165, 1.54) is 0 Å². The molecule has 4 heteroatoms. The number of hydrogen-bond donors (Lipinski definition) is 0. The van der Waals surface area contributed by atoms with Crippen molar-refractivity contribution in [3.63, 3.8) is 0 Å². The zero-order chi connectivity index (χ0) is 10.7. The van der Waals surface area contributed by atoms with Crippen LogP contribution in [-0.2, 0) is 7.05 Å². The summed E-state index contributed by atoms with van der Waals surface area (Å²) in [6, 6.07) is 6.97. The summed E-state index contributed by atoms with van der Waals surface area (Å²) in [5.74, 6) is 1.29. The minimum absolute atomic E-state index is 0.594. The number of rotatable bonds is 3. The summed E-state index contributed by atoms with van der Waals surface area (Å²) in [7, 11) is 1.81. The van der Waals surface area contributed by atoms with Crippen LogP contribution in [0.5, 0.6) is 11.5 Å². The number of aromatic nitrogens is 2. The number of hydrogen-bond acceptors (Lipinski definition) is 3. The molecule has 76 valence electrons. The van der Waals surface area contributed by atoms with E-state index in [1.807, 2.05) is 7.05 Å². The first-order valence-electron chi connectivity index (χ1n) is 4.49. The van der Waals surface area contributed by atoms with Gasteiger partial charge in [-0.05, 0) is 12.1 Å². The Morgan fingerprint density at radius 2 is 2.27 bits per heavy atom. The Hall–Kier alpha value is -2.10. The lowest BCUT2D eigenvalue weighted by molar-refractivity contribution is 0.112. The third kappa shape index (κ3) is 2.22. The van der Waals surface area contributed by atoms with Crippen LogP contribution in [0.1, 0.15) is 10.4 Å². The molecule has 0 N–H and O–H groups in total. The van der Waals surface area contributed by atoms with Crippen molar-refractivity contribution in [3.05, 3.63) is 42.2 Å². The van der Waals surface area contributed by atoms with Gasteiger partial charge in [-0.1, -0.05) is 12.1 Å². The minimum Gasteiger partial charge on any atom is -0.454 e. The molecule has 0 unspecified atom stereocenters. The summed E-state index contributed by atoms with van der Waals surface area (Å²) in [5.41, 5.74) is 0.594. The molecule has 1 aromatic heterocycles. The van der Waals surface area contributed by atoms with Gasteiger partial charge in [0.05, 0.1) is 12.4 Å². The van der Waals surface area contributed by atoms with Gasteiger partial charge in [0.1, 0.15) is 12.0 Å². The van der Waals surface area contributed by atoms with Crippen LogP contribution in [-0.4, -0.2) is 16.1 Å². The topological polar surface area (TPSA) is 44.1 Å². The molecule has 4 nitrogen and oxygen atoms in total. The van der Waals surface area contributed by atoms with Gasteiger partial charge >= 0.3 is 0 Å². The highest BCUT2D eigenvalue weighted by Crippen LogP contribution is 2.20. The number of aryl methyl sites for hydroxylation is 1. The van der Waals surface area contributed by atoms with E-state index in [2.05, 4.69) is 5.10 Å². The number of carbonyl (C=O) groups excluding carboxylic acids is 1. The van der Waals surface area contributed by atoms with E-state index in [1.54, 1.807) is 41.3 Å². The first-order chi connectivity index (χ1) is 7.28. The largest absolute Gasteiger partial charge is 0.454 e. The highest BCUT2D eigenvalue weighted by molar-refractivity contribution is 5.75. The molecular formula is C11H10N2O2. The predicted molar refractivity (Wildman–Crippen MR) is 55.1 cm³/mol. The van der Waals surface area contributed by atoms with Gasteiger partial charge < -0.3 is 4.74 Å². The van der Waals surface area contributed by atoms with Crippen molar-refractivity contribution >= 4 is 6.29 Å². The second kappa shape index (κ2) is 3.96. The molecule has 0 spiro atoms. The van der Waals surface area contributed by atoms with Crippen LogP contribution in [0.4, 0.5) is 0 Å². The quantitative estimate of drug-likeness (QED) is 0.715. The second-order valence-corrected chi connectivity index (χ2v) is 3.14. The predicted octanol–water partition coefficient (Wildman–Crippen LogP) is 2.02. The summed E-state index contributed by atoms with van der Waals surface area (Å²) in [5, 5.41) is 3.98. The zero-order valence-electron chi connectivity index (χ0n) is 8.25. The maximum absolute atomic E-state index is 10.5. The summed E-state index contributed by atoms with van der Waals surface area (Å²) in [4.78, 5) is 10.5. The molecule has 0 aliphatic rings. The molecule has 15 heavy (non-hydrogen) atoms. The summed E-state index contributed by atoms with van der Waals surface area (Å²) < 4.78 is 7.15. The number of carbonyl (C=O) groups is 1. The average molecular weight is 202 g/mol. The third-order valence-electron chi connectivity index (χ3n) is 1.91. The molecule has 0 atom stereocenters. The van der Waals surface area contributed by atoms with Crippen molar-refractivity contribution in [1.29, 1.82) is 0 Å². The second-order valence-electron chi connectivity index (χ2n) is 3.14. The van der Waals surface area contributed by atoms with Crippen molar-refractivity contribution < 1.29 is 9.53 Å². The standard InChI is InChI=1S/C11H10N2O2/c1-13-7-11(6-12-13)15-10-4-2-3-9(5-10)8-14/h2-8H,1H3. The molecule has 1 heterocycles. The van der Waals surface area contributed by atoms with Gasteiger partial charge in [-0.3, -0.25) is 9.48 Å². The van der Waals surface area contributed by atoms with Crippen LogP contribution in [0.2, 0.25) is 0 Å². The van der Waals surface area contributed by atoms with Crippen LogP contribution in [0.3, 0.4) is 0 Å². The smallest absolute Gasteiger partial charge is 0.165 e. The van der Waals surface area contributed by atoms with E-state index in [-0.39, 0.29) is 0 Å². The van der Waals surface area contributed by atoms with Crippen LogP contribution in [0.25, 0.3) is 0 Å². The summed E-state index contributed by atoms with van der Waals surface area (Å²) in [6.45, 7) is 0. The highest BCUT2D eigenvalue weighted by atomic mass is 16.5. The van der Waals surface area contributed by atoms with Crippen LogP contribution in [0.15, 0.2) is 36.7 Å². The Labute approximate surface area is 87.1 Å². The molecule has 2 aromatic rings. The van der Waals surface area contributed by atoms with Crippen molar-refractivity contribution in [3.8, 4) is 11.5 Å². The lowest BCUT2D eigenvalue weighted by atomic mass is 10.2. The number of benzene rings is 1. The van der Waals surface area contributed by atoms with Crippen LogP contribution < -0.4 is 4.74 Å². The van der Waals surface area contributed by atoms with Gasteiger partial charge in [0.15, 0.2) is 5.75 Å². The molecule has 2 rings (SSSR count). The van der Waals surface area contributed by atoms with Gasteiger partial charge in [-0.25, -0.2) is 0 Å². The Balaban J connectivity index is 2.20. The number of aldehydes is 1. The minimum atomic E-state index is 0.594. The third-order valence-corrected chi connectivity index (χ3v) is 1.91. The maximum atomic E-state index is 10.5. The van der Waals surface area contributed by atoms with E-state index >= 15 is 0 Å². The SMILES string of the molecule is Cn1cc(Oc2cccc(C=O)c2)cn1. The first kappa shape index (κ1) is 9.45. The lowest BCUT2D eigenvalue weighted by Gasteiger charge is -2.02. The summed E-state index contributed by atoms with van der Waals surface area (Å²) >= 11 is 0. The van der Waals surface area contributed by atoms with E-state index in [4.69, 9.17) is 4.74 Å². The molecule has 0 aliphatic carbocycles. The van der Waals surface area contributed by atoms with Gasteiger partial charge in [-0.2, -0.15) is 5.10 Å². The van der Waals surface area contributed by atoms with Gasteiger partial charge in [-0.15, -0.1) is 0 Å². The first-order valence-corrected chi connectivity index (χ1v) is 4.49. The van der Waals surface area contributed by atoms with Gasteiger partial charge in [0.25, 0.3) is 0 Å². The molecule has 0 fully saturated rings. The molecule has 0 saturated heterocycles. The number of nitrogens with zero attached hydrogens (tertiary/aromatic N) is 2. The monoisotopic (exact) mass is 202 g/mol. The Bertz CT molecular complexity index is 477. The van der Waals surface area contributed by atoms with Crippen molar-refractivity contribution in [2.24, 2.45) is 7.05 Å². The van der Waals surface area contributed by atoms with Crippen LogP contribution in [0, 0.1) is 0 Å². The normalized spacial score (nSPS) is 9.93. The lowest BCUT2D eigenvalue weighted by Crippen LogP contribution is -1.86. The van der Waals surface area contributed by atoms with Crippen LogP contribution >= 0.6 is 0 Å². The average Bonchev–Trinajstić information content (AvgIpc) is 2.64. The Kier molecular flexibility index (Phi) is 2.49. The fourth-order valence-electron chi connectivity index (χ4n) is 1.24. The van der Waals surface area contributed by atoms with Crippen molar-refractivity contribution in [2.45, 2.75) is 0 Å².